The van der Waals surface area contributed by atoms with Gasteiger partial charge in [0.15, 0.2) is 9.84 Å². The van der Waals surface area contributed by atoms with Gasteiger partial charge in [0.05, 0.1) is 4.90 Å². The smallest absolute Gasteiger partial charge is 0.190 e. The highest BCUT2D eigenvalue weighted by molar-refractivity contribution is 7.92. The maximum absolute atomic E-state index is 13.2. The summed E-state index contributed by atoms with van der Waals surface area (Å²) in [5.74, 6) is 0. The maximum Gasteiger partial charge on any atom is 0.190 e. The largest absolute Gasteiger partial charge is 0.223 e. The van der Waals surface area contributed by atoms with Gasteiger partial charge in [0, 0.05) is 14.8 Å². The molecule has 0 radical (unpaired) electrons. The van der Waals surface area contributed by atoms with E-state index in [1.807, 2.05) is 25.1 Å². The van der Waals surface area contributed by atoms with Crippen LogP contribution in [0, 0.1) is 6.92 Å². The van der Waals surface area contributed by atoms with E-state index in [2.05, 4.69) is 0 Å². The van der Waals surface area contributed by atoms with Gasteiger partial charge in [-0.05, 0) is 42.8 Å². The lowest BCUT2D eigenvalue weighted by Crippen LogP contribution is -2.14. The first-order chi connectivity index (χ1) is 11.0. The van der Waals surface area contributed by atoms with Crippen molar-refractivity contribution in [2.45, 2.75) is 17.1 Å². The van der Waals surface area contributed by atoms with Crippen molar-refractivity contribution in [1.82, 2.24) is 0 Å². The van der Waals surface area contributed by atoms with Crippen LogP contribution in [-0.2, 0) is 9.84 Å². The minimum absolute atomic E-state index is 0.302. The Morgan fingerprint density at radius 2 is 1.57 bits per heavy atom. The van der Waals surface area contributed by atoms with Gasteiger partial charge in [0.2, 0.25) is 0 Å². The fourth-order valence-electron chi connectivity index (χ4n) is 2.50. The second kappa shape index (κ2) is 6.48. The number of hydrogen-bond acceptors (Lipinski definition) is 3. The average molecular weight is 363 g/mol. The lowest BCUT2D eigenvalue weighted by Gasteiger charge is -2.18. The van der Waals surface area contributed by atoms with Crippen molar-refractivity contribution in [3.63, 3.8) is 0 Å². The molecule has 0 saturated heterocycles. The molecule has 0 aliphatic carbocycles. The zero-order valence-corrected chi connectivity index (χ0v) is 14.8. The van der Waals surface area contributed by atoms with E-state index in [0.29, 0.717) is 15.5 Å². The minimum Gasteiger partial charge on any atom is -0.223 e. The van der Waals surface area contributed by atoms with Gasteiger partial charge < -0.3 is 0 Å². The van der Waals surface area contributed by atoms with Gasteiger partial charge in [-0.25, -0.2) is 8.42 Å². The summed E-state index contributed by atoms with van der Waals surface area (Å²) in [6, 6.07) is 19.4. The first-order valence-electron chi connectivity index (χ1n) is 7.10. The number of benzene rings is 2. The summed E-state index contributed by atoms with van der Waals surface area (Å²) in [4.78, 5) is 2.15. The van der Waals surface area contributed by atoms with Crippen LogP contribution in [0.4, 0.5) is 0 Å². The van der Waals surface area contributed by atoms with E-state index in [1.54, 1.807) is 48.5 Å². The van der Waals surface area contributed by atoms with E-state index in [-0.39, 0.29) is 0 Å². The number of aryl methyl sites for hydroxylation is 1. The molecule has 0 N–H and O–H groups in total. The molecule has 118 valence electrons. The average Bonchev–Trinajstić information content (AvgIpc) is 2.96. The van der Waals surface area contributed by atoms with E-state index in [4.69, 9.17) is 11.6 Å². The van der Waals surface area contributed by atoms with Gasteiger partial charge >= 0.3 is 0 Å². The van der Waals surface area contributed by atoms with Crippen LogP contribution in [0.5, 0.6) is 0 Å². The Hall–Kier alpha value is -1.62. The molecule has 3 rings (SSSR count). The van der Waals surface area contributed by atoms with Crippen LogP contribution in [0.1, 0.15) is 20.6 Å². The second-order valence-electron chi connectivity index (χ2n) is 5.21. The molecule has 2 aromatic carbocycles. The normalized spacial score (nSPS) is 13.0. The quantitative estimate of drug-likeness (QED) is 0.633. The Balaban J connectivity index is 2.23. The van der Waals surface area contributed by atoms with Gasteiger partial charge in [-0.1, -0.05) is 48.0 Å². The number of thiophene rings is 1. The predicted molar refractivity (Wildman–Crippen MR) is 96.0 cm³/mol. The third-order valence-corrected chi connectivity index (χ3v) is 7.21. The second-order valence-corrected chi connectivity index (χ2v) is 8.97. The van der Waals surface area contributed by atoms with Crippen molar-refractivity contribution in [2.24, 2.45) is 0 Å². The fraction of sp³-hybridized carbons (Fsp3) is 0.111. The zero-order chi connectivity index (χ0) is 16.4. The first-order valence-corrected chi connectivity index (χ1v) is 9.84. The topological polar surface area (TPSA) is 34.1 Å². The molecule has 0 aliphatic heterocycles. The summed E-state index contributed by atoms with van der Waals surface area (Å²) in [7, 11) is -3.59. The monoisotopic (exact) mass is 362 g/mol. The Labute approximate surface area is 145 Å². The van der Waals surface area contributed by atoms with Crippen molar-refractivity contribution in [2.75, 3.05) is 0 Å². The Kier molecular flexibility index (Phi) is 4.57. The summed E-state index contributed by atoms with van der Waals surface area (Å²) < 4.78 is 26.5. The molecule has 1 heterocycles. The molecular formula is C18H15ClO2S2. The minimum atomic E-state index is -3.59. The molecule has 5 heteroatoms. The number of sulfone groups is 1. The van der Waals surface area contributed by atoms with Crippen molar-refractivity contribution < 1.29 is 8.42 Å². The van der Waals surface area contributed by atoms with E-state index < -0.39 is 15.1 Å². The van der Waals surface area contributed by atoms with E-state index in [0.717, 1.165) is 9.75 Å². The maximum atomic E-state index is 13.2. The summed E-state index contributed by atoms with van der Waals surface area (Å²) >= 11 is 7.79. The summed E-state index contributed by atoms with van der Waals surface area (Å²) in [5.41, 5.74) is 0.611. The van der Waals surface area contributed by atoms with Gasteiger partial charge in [0.25, 0.3) is 0 Å². The fourth-order valence-corrected chi connectivity index (χ4v) is 5.95. The van der Waals surface area contributed by atoms with Crippen molar-refractivity contribution in [1.29, 1.82) is 0 Å². The van der Waals surface area contributed by atoms with E-state index >= 15 is 0 Å². The van der Waals surface area contributed by atoms with Crippen LogP contribution in [0.3, 0.4) is 0 Å². The lowest BCUT2D eigenvalue weighted by molar-refractivity contribution is 0.589. The highest BCUT2D eigenvalue weighted by Gasteiger charge is 2.33. The standard InChI is InChI=1S/C18H15ClO2S2/c1-13-11-12-17(22-13)18(15-9-5-6-10-16(15)19)23(20,21)14-7-3-2-4-8-14/h2-12,18H,1H3. The van der Waals surface area contributed by atoms with Crippen LogP contribution in [0.25, 0.3) is 0 Å². The molecule has 1 unspecified atom stereocenters. The third-order valence-electron chi connectivity index (χ3n) is 3.59. The Morgan fingerprint density at radius 1 is 0.913 bits per heavy atom. The molecule has 2 nitrogen and oxygen atoms in total. The zero-order valence-electron chi connectivity index (χ0n) is 12.4. The summed E-state index contributed by atoms with van der Waals surface area (Å²) in [5, 5.41) is -0.333. The van der Waals surface area contributed by atoms with Gasteiger partial charge in [-0.15, -0.1) is 11.3 Å². The SMILES string of the molecule is Cc1ccc(C(c2ccccc2Cl)S(=O)(=O)c2ccccc2)s1. The first kappa shape index (κ1) is 16.2. The Morgan fingerprint density at radius 3 is 2.17 bits per heavy atom. The molecule has 0 amide bonds. The van der Waals surface area contributed by atoms with Crippen molar-refractivity contribution >= 4 is 32.8 Å². The van der Waals surface area contributed by atoms with Crippen molar-refractivity contribution in [3.05, 3.63) is 87.1 Å². The molecule has 3 aromatic rings. The molecule has 0 bridgehead atoms. The van der Waals surface area contributed by atoms with Crippen LogP contribution in [-0.4, -0.2) is 8.42 Å². The molecular weight excluding hydrogens is 348 g/mol. The molecule has 1 aromatic heterocycles. The van der Waals surface area contributed by atoms with Crippen LogP contribution < -0.4 is 0 Å². The summed E-state index contributed by atoms with van der Waals surface area (Å²) in [6.07, 6.45) is 0. The lowest BCUT2D eigenvalue weighted by atomic mass is 10.1. The van der Waals surface area contributed by atoms with Gasteiger partial charge in [0.1, 0.15) is 5.25 Å². The Bertz CT molecular complexity index is 915. The van der Waals surface area contributed by atoms with Gasteiger partial charge in [-0.3, -0.25) is 0 Å². The molecule has 0 saturated carbocycles. The van der Waals surface area contributed by atoms with Gasteiger partial charge in [-0.2, -0.15) is 0 Å². The highest BCUT2D eigenvalue weighted by Crippen LogP contribution is 2.40. The van der Waals surface area contributed by atoms with E-state index in [9.17, 15) is 8.42 Å². The molecule has 23 heavy (non-hydrogen) atoms. The molecule has 1 atom stereocenters. The van der Waals surface area contributed by atoms with Crippen LogP contribution in [0.15, 0.2) is 71.6 Å². The van der Waals surface area contributed by atoms with Crippen LogP contribution >= 0.6 is 22.9 Å². The predicted octanol–water partition coefficient (Wildman–Crippen LogP) is 5.27. The van der Waals surface area contributed by atoms with Crippen LogP contribution in [0.2, 0.25) is 5.02 Å². The van der Waals surface area contributed by atoms with Crippen molar-refractivity contribution in [3.8, 4) is 0 Å². The molecule has 0 aliphatic rings. The number of hydrogen-bond donors (Lipinski definition) is 0. The summed E-state index contributed by atoms with van der Waals surface area (Å²) in [6.45, 7) is 1.97. The molecule has 0 spiro atoms. The van der Waals surface area contributed by atoms with E-state index in [1.165, 1.54) is 11.3 Å². The third kappa shape index (κ3) is 3.20. The number of halogens is 1. The number of rotatable bonds is 4. The molecule has 0 fully saturated rings. The highest BCUT2D eigenvalue weighted by atomic mass is 35.5.